The predicted molar refractivity (Wildman–Crippen MR) is 51.9 cm³/mol. The van der Waals surface area contributed by atoms with Crippen LogP contribution in [-0.4, -0.2) is 14.7 Å². The van der Waals surface area contributed by atoms with Crippen molar-refractivity contribution in [2.75, 3.05) is 6.61 Å². The SMILES string of the molecule is [B]OCC1=C(C)C(C)C(C)C=C1. The number of allylic oxidation sites excluding steroid dienone is 2. The highest BCUT2D eigenvalue weighted by atomic mass is 16.4. The highest BCUT2D eigenvalue weighted by Gasteiger charge is 2.17. The maximum absolute atomic E-state index is 5.03. The molecule has 64 valence electrons. The third-order valence-corrected chi connectivity index (χ3v) is 2.82. The Hall–Kier alpha value is -0.495. The fourth-order valence-corrected chi connectivity index (χ4v) is 1.50. The van der Waals surface area contributed by atoms with Gasteiger partial charge in [-0.05, 0) is 24.3 Å². The molecule has 0 spiro atoms. The first-order chi connectivity index (χ1) is 5.66. The second-order valence-corrected chi connectivity index (χ2v) is 3.53. The van der Waals surface area contributed by atoms with Crippen LogP contribution in [0.1, 0.15) is 20.8 Å². The fourth-order valence-electron chi connectivity index (χ4n) is 1.50. The minimum absolute atomic E-state index is 0.527. The van der Waals surface area contributed by atoms with Gasteiger partial charge in [-0.2, -0.15) is 0 Å². The van der Waals surface area contributed by atoms with Gasteiger partial charge in [-0.1, -0.05) is 31.6 Å². The van der Waals surface area contributed by atoms with Crippen molar-refractivity contribution >= 4 is 8.05 Å². The molecule has 0 saturated carbocycles. The fraction of sp³-hybridized carbons (Fsp3) is 0.600. The Bertz CT molecular complexity index is 218. The molecule has 2 unspecified atom stereocenters. The number of hydrogen-bond donors (Lipinski definition) is 0. The molecule has 0 aromatic carbocycles. The van der Waals surface area contributed by atoms with E-state index in [2.05, 4.69) is 37.6 Å². The summed E-state index contributed by atoms with van der Waals surface area (Å²) < 4.78 is 4.63. The van der Waals surface area contributed by atoms with Crippen LogP contribution in [0, 0.1) is 11.8 Å². The first-order valence-corrected chi connectivity index (χ1v) is 4.36. The van der Waals surface area contributed by atoms with E-state index < -0.39 is 0 Å². The molecule has 1 aliphatic carbocycles. The standard InChI is InChI=1S/C10H15BO/c1-7-4-5-10(6-12-11)9(3)8(7)2/h4-5,7-8H,6H2,1-3H3. The summed E-state index contributed by atoms with van der Waals surface area (Å²) in [4.78, 5) is 0. The van der Waals surface area contributed by atoms with Gasteiger partial charge in [0.2, 0.25) is 0 Å². The summed E-state index contributed by atoms with van der Waals surface area (Å²) in [6.45, 7) is 7.14. The van der Waals surface area contributed by atoms with Crippen molar-refractivity contribution in [3.63, 3.8) is 0 Å². The Labute approximate surface area is 75.9 Å². The van der Waals surface area contributed by atoms with E-state index in [4.69, 9.17) is 8.05 Å². The summed E-state index contributed by atoms with van der Waals surface area (Å²) in [7, 11) is 5.03. The lowest BCUT2D eigenvalue weighted by Crippen LogP contribution is -2.14. The van der Waals surface area contributed by atoms with E-state index in [1.807, 2.05) is 0 Å². The van der Waals surface area contributed by atoms with Crippen molar-refractivity contribution in [3.05, 3.63) is 23.3 Å². The summed E-state index contributed by atoms with van der Waals surface area (Å²) in [6, 6.07) is 0. The molecule has 1 aliphatic rings. The summed E-state index contributed by atoms with van der Waals surface area (Å²) in [5.74, 6) is 1.24. The van der Waals surface area contributed by atoms with Gasteiger partial charge in [-0.15, -0.1) is 0 Å². The summed E-state index contributed by atoms with van der Waals surface area (Å²) in [5, 5.41) is 0. The summed E-state index contributed by atoms with van der Waals surface area (Å²) in [5.41, 5.74) is 2.62. The van der Waals surface area contributed by atoms with Gasteiger partial charge in [0.05, 0.1) is 6.61 Å². The van der Waals surface area contributed by atoms with E-state index in [-0.39, 0.29) is 0 Å². The van der Waals surface area contributed by atoms with Crippen LogP contribution >= 0.6 is 0 Å². The lowest BCUT2D eigenvalue weighted by atomic mass is 9.82. The van der Waals surface area contributed by atoms with Gasteiger partial charge < -0.3 is 4.65 Å². The van der Waals surface area contributed by atoms with Gasteiger partial charge in [-0.25, -0.2) is 0 Å². The second kappa shape index (κ2) is 3.95. The molecular formula is C10H15BO. The number of hydrogen-bond acceptors (Lipinski definition) is 1. The smallest absolute Gasteiger partial charge is 0.283 e. The lowest BCUT2D eigenvalue weighted by molar-refractivity contribution is 0.384. The lowest BCUT2D eigenvalue weighted by Gasteiger charge is -2.24. The minimum atomic E-state index is 0.527. The molecule has 2 radical (unpaired) electrons. The Morgan fingerprint density at radius 1 is 1.50 bits per heavy atom. The van der Waals surface area contributed by atoms with Crippen molar-refractivity contribution in [1.82, 2.24) is 0 Å². The van der Waals surface area contributed by atoms with Crippen molar-refractivity contribution in [1.29, 1.82) is 0 Å². The third-order valence-electron chi connectivity index (χ3n) is 2.82. The molecule has 0 fully saturated rings. The number of rotatable bonds is 2. The van der Waals surface area contributed by atoms with Crippen molar-refractivity contribution in [2.24, 2.45) is 11.8 Å². The molecule has 0 aromatic heterocycles. The zero-order chi connectivity index (χ0) is 9.14. The van der Waals surface area contributed by atoms with Gasteiger partial charge in [0.15, 0.2) is 0 Å². The monoisotopic (exact) mass is 162 g/mol. The maximum Gasteiger partial charge on any atom is 0.283 e. The van der Waals surface area contributed by atoms with Gasteiger partial charge in [-0.3, -0.25) is 0 Å². The van der Waals surface area contributed by atoms with Crippen molar-refractivity contribution in [2.45, 2.75) is 20.8 Å². The van der Waals surface area contributed by atoms with E-state index in [9.17, 15) is 0 Å². The largest absolute Gasteiger partial charge is 0.444 e. The molecule has 0 amide bonds. The Morgan fingerprint density at radius 3 is 2.75 bits per heavy atom. The summed E-state index contributed by atoms with van der Waals surface area (Å²) in [6.07, 6.45) is 4.33. The average molecular weight is 162 g/mol. The van der Waals surface area contributed by atoms with E-state index in [0.717, 1.165) is 0 Å². The second-order valence-electron chi connectivity index (χ2n) is 3.53. The van der Waals surface area contributed by atoms with Crippen LogP contribution in [0.5, 0.6) is 0 Å². The first kappa shape index (κ1) is 9.59. The van der Waals surface area contributed by atoms with E-state index in [1.165, 1.54) is 11.1 Å². The van der Waals surface area contributed by atoms with Crippen LogP contribution in [0.25, 0.3) is 0 Å². The molecule has 12 heavy (non-hydrogen) atoms. The molecule has 0 N–H and O–H groups in total. The molecule has 0 heterocycles. The van der Waals surface area contributed by atoms with Gasteiger partial charge in [0.1, 0.15) is 0 Å². The van der Waals surface area contributed by atoms with Crippen LogP contribution in [0.15, 0.2) is 23.3 Å². The molecule has 1 nitrogen and oxygen atoms in total. The van der Waals surface area contributed by atoms with Crippen LogP contribution < -0.4 is 0 Å². The van der Waals surface area contributed by atoms with Crippen molar-refractivity contribution < 1.29 is 4.65 Å². The zero-order valence-corrected chi connectivity index (χ0v) is 8.00. The molecule has 1 rings (SSSR count). The van der Waals surface area contributed by atoms with E-state index in [0.29, 0.717) is 18.4 Å². The van der Waals surface area contributed by atoms with Crippen LogP contribution in [0.2, 0.25) is 0 Å². The van der Waals surface area contributed by atoms with Crippen LogP contribution in [-0.2, 0) is 4.65 Å². The molecule has 0 bridgehead atoms. The minimum Gasteiger partial charge on any atom is -0.444 e. The molecule has 0 aromatic rings. The molecular weight excluding hydrogens is 147 g/mol. The maximum atomic E-state index is 5.03. The van der Waals surface area contributed by atoms with Gasteiger partial charge in [0.25, 0.3) is 8.05 Å². The quantitative estimate of drug-likeness (QED) is 0.565. The highest BCUT2D eigenvalue weighted by molar-refractivity contribution is 5.98. The Morgan fingerprint density at radius 2 is 2.17 bits per heavy atom. The van der Waals surface area contributed by atoms with Crippen LogP contribution in [0.3, 0.4) is 0 Å². The first-order valence-electron chi connectivity index (χ1n) is 4.36. The topological polar surface area (TPSA) is 9.23 Å². The molecule has 0 saturated heterocycles. The van der Waals surface area contributed by atoms with Gasteiger partial charge >= 0.3 is 0 Å². The highest BCUT2D eigenvalue weighted by Crippen LogP contribution is 2.28. The molecule has 2 atom stereocenters. The normalized spacial score (nSPS) is 29.6. The van der Waals surface area contributed by atoms with E-state index >= 15 is 0 Å². The average Bonchev–Trinajstić information content (AvgIpc) is 2.07. The van der Waals surface area contributed by atoms with Crippen molar-refractivity contribution in [3.8, 4) is 0 Å². The predicted octanol–water partition coefficient (Wildman–Crippen LogP) is 2.25. The van der Waals surface area contributed by atoms with E-state index in [1.54, 1.807) is 0 Å². The molecule has 2 heteroatoms. The van der Waals surface area contributed by atoms with Crippen LogP contribution in [0.4, 0.5) is 0 Å². The zero-order valence-electron chi connectivity index (χ0n) is 8.00. The molecule has 0 aliphatic heterocycles. The van der Waals surface area contributed by atoms with Gasteiger partial charge in [0, 0.05) is 0 Å². The Balaban J connectivity index is 2.79. The summed E-state index contributed by atoms with van der Waals surface area (Å²) >= 11 is 0. The third kappa shape index (κ3) is 1.81. The Kier molecular flexibility index (Phi) is 3.16.